The molecule has 5 heteroatoms. The molecule has 108 valence electrons. The topological polar surface area (TPSA) is 81.1 Å². The number of aryl methyl sites for hydroxylation is 1. The van der Waals surface area contributed by atoms with Gasteiger partial charge < -0.3 is 15.0 Å². The highest BCUT2D eigenvalue weighted by Crippen LogP contribution is 2.30. The fourth-order valence-electron chi connectivity index (χ4n) is 2.72. The van der Waals surface area contributed by atoms with Crippen molar-refractivity contribution in [1.29, 1.82) is 5.41 Å². The summed E-state index contributed by atoms with van der Waals surface area (Å²) < 4.78 is 7.60. The molecular formula is C16H17N3O2. The van der Waals surface area contributed by atoms with Crippen LogP contribution in [0.5, 0.6) is 5.75 Å². The number of ether oxygens (including phenoxy) is 1. The van der Waals surface area contributed by atoms with Gasteiger partial charge in [0.15, 0.2) is 0 Å². The SMILES string of the molecule is Cc1ccc2c(c1)OCc1cc(CC(=N)N)n(C)c1C2=O. The Hall–Kier alpha value is -2.56. The van der Waals surface area contributed by atoms with Crippen molar-refractivity contribution in [2.75, 3.05) is 0 Å². The molecule has 0 radical (unpaired) electrons. The summed E-state index contributed by atoms with van der Waals surface area (Å²) in [5.74, 6) is 0.661. The Balaban J connectivity index is 2.12. The lowest BCUT2D eigenvalue weighted by atomic mass is 10.0. The maximum Gasteiger partial charge on any atom is 0.213 e. The van der Waals surface area contributed by atoms with Crippen molar-refractivity contribution < 1.29 is 9.53 Å². The molecule has 0 spiro atoms. The molecule has 3 rings (SSSR count). The van der Waals surface area contributed by atoms with Gasteiger partial charge in [-0.25, -0.2) is 0 Å². The molecule has 21 heavy (non-hydrogen) atoms. The third-order valence-electron chi connectivity index (χ3n) is 3.76. The van der Waals surface area contributed by atoms with Crippen LogP contribution in [0.3, 0.4) is 0 Å². The highest BCUT2D eigenvalue weighted by Gasteiger charge is 2.26. The number of hydrogen-bond donors (Lipinski definition) is 2. The molecule has 0 aliphatic carbocycles. The molecule has 0 bridgehead atoms. The van der Waals surface area contributed by atoms with E-state index in [1.807, 2.05) is 36.7 Å². The standard InChI is InChI=1S/C16H17N3O2/c1-9-3-4-12-13(5-9)21-8-10-6-11(7-14(17)18)19(2)15(10)16(12)20/h3-6H,7-8H2,1-2H3,(H3,17,18). The number of amidine groups is 1. The van der Waals surface area contributed by atoms with Crippen molar-refractivity contribution in [2.24, 2.45) is 12.8 Å². The number of fused-ring (bicyclic) bond motifs is 2. The van der Waals surface area contributed by atoms with Gasteiger partial charge in [0.2, 0.25) is 5.78 Å². The van der Waals surface area contributed by atoms with E-state index in [0.717, 1.165) is 16.8 Å². The Bertz CT molecular complexity index is 759. The number of aromatic nitrogens is 1. The van der Waals surface area contributed by atoms with Crippen molar-refractivity contribution in [2.45, 2.75) is 20.0 Å². The van der Waals surface area contributed by atoms with Crippen molar-refractivity contribution in [3.8, 4) is 5.75 Å². The average molecular weight is 283 g/mol. The summed E-state index contributed by atoms with van der Waals surface area (Å²) in [6.45, 7) is 2.32. The minimum atomic E-state index is -0.0465. The van der Waals surface area contributed by atoms with Crippen LogP contribution in [-0.2, 0) is 20.1 Å². The lowest BCUT2D eigenvalue weighted by molar-refractivity contribution is 0.103. The van der Waals surface area contributed by atoms with Crippen LogP contribution in [0.1, 0.15) is 32.9 Å². The van der Waals surface area contributed by atoms with Gasteiger partial charge in [0.25, 0.3) is 0 Å². The minimum Gasteiger partial charge on any atom is -0.488 e. The summed E-state index contributed by atoms with van der Waals surface area (Å²) >= 11 is 0. The molecule has 1 aliphatic heterocycles. The van der Waals surface area contributed by atoms with Crippen LogP contribution < -0.4 is 10.5 Å². The molecule has 5 nitrogen and oxygen atoms in total. The second-order valence-electron chi connectivity index (χ2n) is 5.39. The quantitative estimate of drug-likeness (QED) is 0.652. The number of hydrogen-bond acceptors (Lipinski definition) is 3. The Morgan fingerprint density at radius 2 is 2.19 bits per heavy atom. The second-order valence-corrected chi connectivity index (χ2v) is 5.39. The van der Waals surface area contributed by atoms with Gasteiger partial charge >= 0.3 is 0 Å². The number of benzene rings is 1. The van der Waals surface area contributed by atoms with Crippen LogP contribution in [0.4, 0.5) is 0 Å². The molecule has 1 aromatic carbocycles. The van der Waals surface area contributed by atoms with Gasteiger partial charge in [0.1, 0.15) is 12.4 Å². The predicted molar refractivity (Wildman–Crippen MR) is 80.0 cm³/mol. The minimum absolute atomic E-state index is 0.0465. The summed E-state index contributed by atoms with van der Waals surface area (Å²) in [5, 5.41) is 7.42. The van der Waals surface area contributed by atoms with Crippen LogP contribution in [0.15, 0.2) is 24.3 Å². The number of ketones is 1. The monoisotopic (exact) mass is 283 g/mol. The predicted octanol–water partition coefficient (Wildman–Crippen LogP) is 1.94. The molecule has 2 aromatic rings. The van der Waals surface area contributed by atoms with Crippen molar-refractivity contribution in [3.05, 3.63) is 52.3 Å². The lowest BCUT2D eigenvalue weighted by Gasteiger charge is -2.09. The molecule has 2 heterocycles. The van der Waals surface area contributed by atoms with Crippen LogP contribution in [0, 0.1) is 12.3 Å². The molecule has 0 atom stereocenters. The van der Waals surface area contributed by atoms with Crippen molar-refractivity contribution >= 4 is 11.6 Å². The highest BCUT2D eigenvalue weighted by atomic mass is 16.5. The zero-order valence-electron chi connectivity index (χ0n) is 12.1. The number of nitrogens with one attached hydrogen (secondary N) is 1. The average Bonchev–Trinajstić information content (AvgIpc) is 2.64. The van der Waals surface area contributed by atoms with E-state index in [4.69, 9.17) is 15.9 Å². The van der Waals surface area contributed by atoms with Gasteiger partial charge in [-0.05, 0) is 30.7 Å². The van der Waals surface area contributed by atoms with Gasteiger partial charge in [-0.2, -0.15) is 0 Å². The van der Waals surface area contributed by atoms with Crippen LogP contribution in [-0.4, -0.2) is 16.2 Å². The van der Waals surface area contributed by atoms with Gasteiger partial charge in [0.05, 0.1) is 17.1 Å². The molecule has 0 saturated heterocycles. The fourth-order valence-corrected chi connectivity index (χ4v) is 2.72. The molecule has 1 aliphatic rings. The first-order chi connectivity index (χ1) is 9.97. The summed E-state index contributed by atoms with van der Waals surface area (Å²) in [7, 11) is 1.83. The van der Waals surface area contributed by atoms with E-state index >= 15 is 0 Å². The molecule has 3 N–H and O–H groups in total. The molecule has 0 fully saturated rings. The summed E-state index contributed by atoms with van der Waals surface area (Å²) in [4.78, 5) is 12.8. The lowest BCUT2D eigenvalue weighted by Crippen LogP contribution is -2.16. The zero-order valence-corrected chi connectivity index (χ0v) is 12.1. The Kier molecular flexibility index (Phi) is 3.05. The van der Waals surface area contributed by atoms with Gasteiger partial charge in [-0.3, -0.25) is 10.2 Å². The Morgan fingerprint density at radius 3 is 2.90 bits per heavy atom. The van der Waals surface area contributed by atoms with Gasteiger partial charge in [0, 0.05) is 24.7 Å². The Morgan fingerprint density at radius 1 is 1.43 bits per heavy atom. The van der Waals surface area contributed by atoms with E-state index in [2.05, 4.69) is 0 Å². The van der Waals surface area contributed by atoms with Crippen LogP contribution in [0.2, 0.25) is 0 Å². The number of carbonyl (C=O) groups is 1. The first kappa shape index (κ1) is 13.4. The summed E-state index contributed by atoms with van der Waals surface area (Å²) in [6.07, 6.45) is 0.331. The number of carbonyl (C=O) groups excluding carboxylic acids is 1. The smallest absolute Gasteiger partial charge is 0.213 e. The van der Waals surface area contributed by atoms with Crippen molar-refractivity contribution in [3.63, 3.8) is 0 Å². The fraction of sp³-hybridized carbons (Fsp3) is 0.250. The molecule has 0 amide bonds. The van der Waals surface area contributed by atoms with E-state index in [1.165, 1.54) is 0 Å². The van der Waals surface area contributed by atoms with E-state index in [-0.39, 0.29) is 11.6 Å². The summed E-state index contributed by atoms with van der Waals surface area (Å²) in [5.41, 5.74) is 9.41. The molecule has 0 unspecified atom stereocenters. The van der Waals surface area contributed by atoms with E-state index < -0.39 is 0 Å². The van der Waals surface area contributed by atoms with E-state index in [1.54, 1.807) is 6.07 Å². The number of rotatable bonds is 2. The molecule has 1 aromatic heterocycles. The third kappa shape index (κ3) is 2.20. The zero-order chi connectivity index (χ0) is 15.1. The molecular weight excluding hydrogens is 266 g/mol. The highest BCUT2D eigenvalue weighted by molar-refractivity contribution is 6.11. The maximum atomic E-state index is 12.8. The van der Waals surface area contributed by atoms with Gasteiger partial charge in [-0.1, -0.05) is 6.07 Å². The van der Waals surface area contributed by atoms with Crippen LogP contribution >= 0.6 is 0 Å². The number of nitrogens with two attached hydrogens (primary N) is 1. The van der Waals surface area contributed by atoms with Crippen LogP contribution in [0.25, 0.3) is 0 Å². The summed E-state index contributed by atoms with van der Waals surface area (Å²) in [6, 6.07) is 7.49. The Labute approximate surface area is 122 Å². The first-order valence-corrected chi connectivity index (χ1v) is 6.76. The first-order valence-electron chi connectivity index (χ1n) is 6.76. The van der Waals surface area contributed by atoms with Crippen molar-refractivity contribution in [1.82, 2.24) is 4.57 Å². The van der Waals surface area contributed by atoms with E-state index in [9.17, 15) is 4.79 Å². The maximum absolute atomic E-state index is 12.8. The largest absolute Gasteiger partial charge is 0.488 e. The van der Waals surface area contributed by atoms with Gasteiger partial charge in [-0.15, -0.1) is 0 Å². The third-order valence-corrected chi connectivity index (χ3v) is 3.76. The second kappa shape index (κ2) is 4.77. The molecule has 0 saturated carbocycles. The number of nitrogens with zero attached hydrogens (tertiary/aromatic N) is 1. The normalized spacial score (nSPS) is 13.1. The van der Waals surface area contributed by atoms with E-state index in [0.29, 0.717) is 30.0 Å².